The SMILES string of the molecule is O=C(NCC1CNCC1O)c1ccc(NS(=O)(=O)c2cccs2)cc1. The predicted octanol–water partition coefficient (Wildman–Crippen LogP) is 0.859. The Kier molecular flexibility index (Phi) is 5.38. The van der Waals surface area contributed by atoms with Gasteiger partial charge in [-0.3, -0.25) is 9.52 Å². The number of thiophene rings is 1. The molecule has 1 aromatic carbocycles. The number of aliphatic hydroxyl groups is 1. The lowest BCUT2D eigenvalue weighted by Crippen LogP contribution is -2.34. The van der Waals surface area contributed by atoms with E-state index in [0.29, 0.717) is 30.9 Å². The van der Waals surface area contributed by atoms with Crippen molar-refractivity contribution in [2.45, 2.75) is 10.3 Å². The second kappa shape index (κ2) is 7.52. The molecule has 7 nitrogen and oxygen atoms in total. The van der Waals surface area contributed by atoms with Gasteiger partial charge >= 0.3 is 0 Å². The van der Waals surface area contributed by atoms with Crippen LogP contribution in [0.15, 0.2) is 46.0 Å². The van der Waals surface area contributed by atoms with Gasteiger partial charge in [0.2, 0.25) is 0 Å². The van der Waals surface area contributed by atoms with Crippen LogP contribution < -0.4 is 15.4 Å². The summed E-state index contributed by atoms with van der Waals surface area (Å²) in [5.41, 5.74) is 0.819. The van der Waals surface area contributed by atoms with Gasteiger partial charge in [0.15, 0.2) is 0 Å². The number of β-amino-alcohol motifs (C(OH)–C–C–N with tert-alkyl or cyclic N) is 1. The van der Waals surface area contributed by atoms with Crippen LogP contribution in [0, 0.1) is 5.92 Å². The summed E-state index contributed by atoms with van der Waals surface area (Å²) < 4.78 is 27.0. The number of sulfonamides is 1. The van der Waals surface area contributed by atoms with Crippen molar-refractivity contribution >= 4 is 33.0 Å². The van der Waals surface area contributed by atoms with E-state index in [4.69, 9.17) is 0 Å². The third-order valence-corrected chi connectivity index (χ3v) is 6.77. The molecule has 0 radical (unpaired) electrons. The van der Waals surface area contributed by atoms with Crippen LogP contribution in [0.2, 0.25) is 0 Å². The number of nitrogens with one attached hydrogen (secondary N) is 3. The van der Waals surface area contributed by atoms with E-state index in [-0.39, 0.29) is 16.0 Å². The Morgan fingerprint density at radius 2 is 2.00 bits per heavy atom. The molecule has 2 aromatic rings. The number of anilines is 1. The Morgan fingerprint density at radius 3 is 2.60 bits per heavy atom. The fraction of sp³-hybridized carbons (Fsp3) is 0.312. The van der Waals surface area contributed by atoms with Gasteiger partial charge in [-0.1, -0.05) is 6.07 Å². The fourth-order valence-electron chi connectivity index (χ4n) is 2.56. The average Bonchev–Trinajstić information content (AvgIpc) is 3.25. The summed E-state index contributed by atoms with van der Waals surface area (Å²) in [7, 11) is -3.60. The summed E-state index contributed by atoms with van der Waals surface area (Å²) in [5.74, 6) is -0.257. The number of aliphatic hydroxyl groups excluding tert-OH is 1. The van der Waals surface area contributed by atoms with Crippen LogP contribution in [-0.2, 0) is 10.0 Å². The number of amides is 1. The van der Waals surface area contributed by atoms with E-state index >= 15 is 0 Å². The largest absolute Gasteiger partial charge is 0.391 e. The third-order valence-electron chi connectivity index (χ3n) is 3.99. The first-order valence-corrected chi connectivity index (χ1v) is 10.2. The maximum Gasteiger partial charge on any atom is 0.271 e. The van der Waals surface area contributed by atoms with Crippen LogP contribution >= 0.6 is 11.3 Å². The molecule has 1 aromatic heterocycles. The Labute approximate surface area is 150 Å². The monoisotopic (exact) mass is 381 g/mol. The Balaban J connectivity index is 1.59. The second-order valence-corrected chi connectivity index (χ2v) is 8.67. The van der Waals surface area contributed by atoms with Crippen molar-refractivity contribution in [3.8, 4) is 0 Å². The highest BCUT2D eigenvalue weighted by molar-refractivity contribution is 7.94. The maximum atomic E-state index is 12.2. The van der Waals surface area contributed by atoms with Gasteiger partial charge in [0.25, 0.3) is 15.9 Å². The van der Waals surface area contributed by atoms with Crippen LogP contribution in [0.4, 0.5) is 5.69 Å². The van der Waals surface area contributed by atoms with Gasteiger partial charge in [-0.05, 0) is 35.7 Å². The van der Waals surface area contributed by atoms with Gasteiger partial charge in [-0.2, -0.15) is 0 Å². The van der Waals surface area contributed by atoms with Crippen LogP contribution in [0.25, 0.3) is 0 Å². The van der Waals surface area contributed by atoms with Crippen molar-refractivity contribution in [2.24, 2.45) is 5.92 Å². The van der Waals surface area contributed by atoms with E-state index in [1.807, 2.05) is 0 Å². The first-order chi connectivity index (χ1) is 12.0. The molecule has 1 saturated heterocycles. The summed E-state index contributed by atoms with van der Waals surface area (Å²) in [5, 5.41) is 17.3. The molecule has 134 valence electrons. The molecule has 3 rings (SSSR count). The number of hydrogen-bond acceptors (Lipinski definition) is 6. The molecule has 1 amide bonds. The molecule has 0 spiro atoms. The first-order valence-electron chi connectivity index (χ1n) is 7.79. The van der Waals surface area contributed by atoms with E-state index in [1.165, 1.54) is 6.07 Å². The molecule has 25 heavy (non-hydrogen) atoms. The molecule has 9 heteroatoms. The third kappa shape index (κ3) is 4.37. The number of carbonyl (C=O) groups is 1. The van der Waals surface area contributed by atoms with Gasteiger partial charge in [0.05, 0.1) is 6.10 Å². The molecule has 2 atom stereocenters. The highest BCUT2D eigenvalue weighted by atomic mass is 32.2. The lowest BCUT2D eigenvalue weighted by atomic mass is 10.1. The fourth-order valence-corrected chi connectivity index (χ4v) is 4.62. The molecule has 4 N–H and O–H groups in total. The van der Waals surface area contributed by atoms with Crippen molar-refractivity contribution < 1.29 is 18.3 Å². The van der Waals surface area contributed by atoms with Gasteiger partial charge < -0.3 is 15.7 Å². The highest BCUT2D eigenvalue weighted by Crippen LogP contribution is 2.20. The lowest BCUT2D eigenvalue weighted by Gasteiger charge is -2.14. The molecule has 2 unspecified atom stereocenters. The van der Waals surface area contributed by atoms with E-state index in [1.54, 1.807) is 35.7 Å². The summed E-state index contributed by atoms with van der Waals surface area (Å²) >= 11 is 1.14. The van der Waals surface area contributed by atoms with E-state index in [2.05, 4.69) is 15.4 Å². The van der Waals surface area contributed by atoms with E-state index in [9.17, 15) is 18.3 Å². The van der Waals surface area contributed by atoms with Crippen molar-refractivity contribution in [1.82, 2.24) is 10.6 Å². The number of rotatable bonds is 6. The van der Waals surface area contributed by atoms with Gasteiger partial charge in [-0.15, -0.1) is 11.3 Å². The first kappa shape index (κ1) is 17.9. The van der Waals surface area contributed by atoms with Crippen molar-refractivity contribution in [1.29, 1.82) is 0 Å². The quantitative estimate of drug-likeness (QED) is 0.594. The van der Waals surface area contributed by atoms with Gasteiger partial charge in [0, 0.05) is 36.8 Å². The lowest BCUT2D eigenvalue weighted by molar-refractivity contribution is 0.0927. The molecule has 1 fully saturated rings. The number of hydrogen-bond donors (Lipinski definition) is 4. The summed E-state index contributed by atoms with van der Waals surface area (Å²) in [6.45, 7) is 1.60. The zero-order valence-electron chi connectivity index (χ0n) is 13.3. The minimum absolute atomic E-state index is 0.000767. The van der Waals surface area contributed by atoms with Crippen LogP contribution in [-0.4, -0.2) is 45.2 Å². The Morgan fingerprint density at radius 1 is 1.24 bits per heavy atom. The standard InChI is InChI=1S/C16H19N3O4S2/c20-14-10-17-8-12(14)9-18-16(21)11-3-5-13(6-4-11)19-25(22,23)15-2-1-7-24-15/h1-7,12,14,17,19-20H,8-10H2,(H,18,21). The van der Waals surface area contributed by atoms with Crippen LogP contribution in [0.3, 0.4) is 0 Å². The molecule has 2 heterocycles. The summed E-state index contributed by atoms with van der Waals surface area (Å²) in [6.07, 6.45) is -0.450. The summed E-state index contributed by atoms with van der Waals surface area (Å²) in [6, 6.07) is 9.42. The molecular formula is C16H19N3O4S2. The number of carbonyl (C=O) groups excluding carboxylic acids is 1. The molecular weight excluding hydrogens is 362 g/mol. The average molecular weight is 381 g/mol. The van der Waals surface area contributed by atoms with E-state index in [0.717, 1.165) is 11.3 Å². The van der Waals surface area contributed by atoms with Crippen LogP contribution in [0.5, 0.6) is 0 Å². The van der Waals surface area contributed by atoms with Gasteiger partial charge in [0.1, 0.15) is 4.21 Å². The van der Waals surface area contributed by atoms with Crippen molar-refractivity contribution in [2.75, 3.05) is 24.4 Å². The van der Waals surface area contributed by atoms with Gasteiger partial charge in [-0.25, -0.2) is 8.42 Å². The maximum absolute atomic E-state index is 12.2. The Hall–Kier alpha value is -1.94. The molecule has 1 aliphatic heterocycles. The zero-order chi connectivity index (χ0) is 17.9. The molecule has 0 saturated carbocycles. The molecule has 1 aliphatic rings. The second-order valence-electron chi connectivity index (χ2n) is 5.81. The highest BCUT2D eigenvalue weighted by Gasteiger charge is 2.25. The zero-order valence-corrected chi connectivity index (χ0v) is 14.9. The summed E-state index contributed by atoms with van der Waals surface area (Å²) in [4.78, 5) is 12.1. The smallest absolute Gasteiger partial charge is 0.271 e. The Bertz CT molecular complexity index is 820. The van der Waals surface area contributed by atoms with E-state index < -0.39 is 16.1 Å². The predicted molar refractivity (Wildman–Crippen MR) is 96.3 cm³/mol. The topological polar surface area (TPSA) is 108 Å². The van der Waals surface area contributed by atoms with Crippen LogP contribution in [0.1, 0.15) is 10.4 Å². The minimum atomic E-state index is -3.60. The van der Waals surface area contributed by atoms with Crippen molar-refractivity contribution in [3.63, 3.8) is 0 Å². The normalized spacial score (nSPS) is 20.4. The minimum Gasteiger partial charge on any atom is -0.391 e. The molecule has 0 bridgehead atoms. The van der Waals surface area contributed by atoms with Crippen molar-refractivity contribution in [3.05, 3.63) is 47.3 Å². The molecule has 0 aliphatic carbocycles. The number of benzene rings is 1.